The minimum atomic E-state index is -0.795. The van der Waals surface area contributed by atoms with Crippen LogP contribution in [0.2, 0.25) is 0 Å². The van der Waals surface area contributed by atoms with Crippen molar-refractivity contribution in [1.29, 1.82) is 0 Å². The highest BCUT2D eigenvalue weighted by atomic mass is 19.1. The first-order valence-electron chi connectivity index (χ1n) is 5.20. The lowest BCUT2D eigenvalue weighted by atomic mass is 10.1. The van der Waals surface area contributed by atoms with E-state index in [1.165, 1.54) is 0 Å². The molecule has 1 heterocycles. The van der Waals surface area contributed by atoms with E-state index in [2.05, 4.69) is 15.3 Å². The fraction of sp³-hybridized carbons (Fsp3) is 0.0833. The highest BCUT2D eigenvalue weighted by molar-refractivity contribution is 6.04. The maximum absolute atomic E-state index is 13.3. The van der Waals surface area contributed by atoms with Crippen molar-refractivity contribution in [3.05, 3.63) is 57.9 Å². The zero-order valence-corrected chi connectivity index (χ0v) is 9.53. The molecule has 2 aromatic rings. The standard InChI is InChI=1S/C12H10FN3O2/c1-7-4-2-3-5-8(7)11(17)15-10-9(13)6-14-12(18)16-10/h2-6H,1H3,(H2,14,15,16,17,18). The minimum Gasteiger partial charge on any atom is -0.306 e. The third-order valence-corrected chi connectivity index (χ3v) is 2.39. The number of nitrogens with zero attached hydrogens (tertiary/aromatic N) is 1. The Morgan fingerprint density at radius 2 is 2.11 bits per heavy atom. The van der Waals surface area contributed by atoms with Crippen molar-refractivity contribution in [1.82, 2.24) is 9.97 Å². The van der Waals surface area contributed by atoms with Crippen LogP contribution in [-0.4, -0.2) is 15.9 Å². The van der Waals surface area contributed by atoms with Crippen molar-refractivity contribution < 1.29 is 9.18 Å². The number of carbonyl (C=O) groups excluding carboxylic acids is 1. The van der Waals surface area contributed by atoms with Gasteiger partial charge in [0.25, 0.3) is 5.91 Å². The van der Waals surface area contributed by atoms with E-state index in [0.29, 0.717) is 5.56 Å². The number of aromatic nitrogens is 2. The summed E-state index contributed by atoms with van der Waals surface area (Å²) in [6.45, 7) is 1.76. The molecular weight excluding hydrogens is 237 g/mol. The summed E-state index contributed by atoms with van der Waals surface area (Å²) >= 11 is 0. The maximum atomic E-state index is 13.3. The molecule has 0 aliphatic rings. The van der Waals surface area contributed by atoms with Crippen molar-refractivity contribution in [3.8, 4) is 0 Å². The number of H-pyrrole nitrogens is 1. The summed E-state index contributed by atoms with van der Waals surface area (Å²) in [6, 6.07) is 6.87. The van der Waals surface area contributed by atoms with Crippen molar-refractivity contribution >= 4 is 11.7 Å². The van der Waals surface area contributed by atoms with E-state index in [1.54, 1.807) is 31.2 Å². The van der Waals surface area contributed by atoms with Crippen molar-refractivity contribution in [3.63, 3.8) is 0 Å². The average molecular weight is 247 g/mol. The first kappa shape index (κ1) is 12.0. The molecule has 92 valence electrons. The fourth-order valence-corrected chi connectivity index (χ4v) is 1.48. The van der Waals surface area contributed by atoms with Crippen LogP contribution in [0, 0.1) is 12.7 Å². The molecule has 1 amide bonds. The number of halogens is 1. The first-order valence-corrected chi connectivity index (χ1v) is 5.20. The predicted octanol–water partition coefficient (Wildman–Crippen LogP) is 1.47. The Morgan fingerprint density at radius 3 is 2.83 bits per heavy atom. The van der Waals surface area contributed by atoms with Crippen LogP contribution in [0.25, 0.3) is 0 Å². The van der Waals surface area contributed by atoms with Crippen LogP contribution in [0.3, 0.4) is 0 Å². The van der Waals surface area contributed by atoms with Gasteiger partial charge < -0.3 is 5.32 Å². The number of rotatable bonds is 2. The topological polar surface area (TPSA) is 74.8 Å². The number of aromatic amines is 1. The Balaban J connectivity index is 2.30. The van der Waals surface area contributed by atoms with E-state index < -0.39 is 17.4 Å². The molecule has 0 aliphatic heterocycles. The second kappa shape index (κ2) is 4.79. The molecule has 1 aromatic carbocycles. The van der Waals surface area contributed by atoms with Crippen LogP contribution in [0.4, 0.5) is 10.2 Å². The summed E-state index contributed by atoms with van der Waals surface area (Å²) in [4.78, 5) is 28.1. The van der Waals surface area contributed by atoms with Crippen LogP contribution in [0.15, 0.2) is 35.3 Å². The summed E-state index contributed by atoms with van der Waals surface area (Å²) < 4.78 is 13.3. The second-order valence-corrected chi connectivity index (χ2v) is 3.68. The van der Waals surface area contributed by atoms with Crippen LogP contribution >= 0.6 is 0 Å². The molecule has 0 aliphatic carbocycles. The van der Waals surface area contributed by atoms with Gasteiger partial charge in [-0.05, 0) is 18.6 Å². The number of hydrogen-bond acceptors (Lipinski definition) is 3. The van der Waals surface area contributed by atoms with Crippen LogP contribution < -0.4 is 11.0 Å². The summed E-state index contributed by atoms with van der Waals surface area (Å²) in [5.41, 5.74) is 0.442. The third-order valence-electron chi connectivity index (χ3n) is 2.39. The summed E-state index contributed by atoms with van der Waals surface area (Å²) in [5.74, 6) is -1.58. The highest BCUT2D eigenvalue weighted by Gasteiger charge is 2.11. The Hall–Kier alpha value is -2.50. The lowest BCUT2D eigenvalue weighted by Gasteiger charge is -2.07. The van der Waals surface area contributed by atoms with Gasteiger partial charge in [0.05, 0.1) is 6.20 Å². The molecule has 2 rings (SSSR count). The molecule has 2 N–H and O–H groups in total. The third kappa shape index (κ3) is 2.42. The van der Waals surface area contributed by atoms with Crippen LogP contribution in [0.1, 0.15) is 15.9 Å². The number of benzene rings is 1. The molecule has 6 heteroatoms. The highest BCUT2D eigenvalue weighted by Crippen LogP contribution is 2.11. The Kier molecular flexibility index (Phi) is 3.18. The Morgan fingerprint density at radius 1 is 1.39 bits per heavy atom. The normalized spacial score (nSPS) is 10.1. The monoisotopic (exact) mass is 247 g/mol. The quantitative estimate of drug-likeness (QED) is 0.843. The van der Waals surface area contributed by atoms with Crippen molar-refractivity contribution in [2.45, 2.75) is 6.92 Å². The zero-order chi connectivity index (χ0) is 13.1. The van der Waals surface area contributed by atoms with E-state index in [0.717, 1.165) is 11.8 Å². The number of aryl methyl sites for hydroxylation is 1. The molecule has 18 heavy (non-hydrogen) atoms. The van der Waals surface area contributed by atoms with E-state index in [4.69, 9.17) is 0 Å². The van der Waals surface area contributed by atoms with E-state index in [-0.39, 0.29) is 5.82 Å². The van der Waals surface area contributed by atoms with Gasteiger partial charge in [-0.1, -0.05) is 18.2 Å². The van der Waals surface area contributed by atoms with Gasteiger partial charge >= 0.3 is 5.69 Å². The average Bonchev–Trinajstić information content (AvgIpc) is 2.34. The molecule has 5 nitrogen and oxygen atoms in total. The lowest BCUT2D eigenvalue weighted by Crippen LogP contribution is -2.20. The molecule has 0 saturated heterocycles. The lowest BCUT2D eigenvalue weighted by molar-refractivity contribution is 0.102. The minimum absolute atomic E-state index is 0.289. The van der Waals surface area contributed by atoms with Gasteiger partial charge in [0.1, 0.15) is 0 Å². The first-order chi connectivity index (χ1) is 8.58. The van der Waals surface area contributed by atoms with E-state index >= 15 is 0 Å². The molecule has 0 radical (unpaired) electrons. The maximum Gasteiger partial charge on any atom is 0.346 e. The number of nitrogens with one attached hydrogen (secondary N) is 2. The molecule has 0 unspecified atom stereocenters. The molecule has 0 atom stereocenters. The van der Waals surface area contributed by atoms with Gasteiger partial charge in [-0.25, -0.2) is 9.18 Å². The summed E-state index contributed by atoms with van der Waals surface area (Å²) in [5, 5.41) is 2.30. The van der Waals surface area contributed by atoms with Crippen molar-refractivity contribution in [2.24, 2.45) is 0 Å². The van der Waals surface area contributed by atoms with E-state index in [9.17, 15) is 14.0 Å². The fourth-order valence-electron chi connectivity index (χ4n) is 1.48. The summed E-state index contributed by atoms with van der Waals surface area (Å²) in [6.07, 6.45) is 0.756. The number of hydrogen-bond donors (Lipinski definition) is 2. The Labute approximate surface area is 102 Å². The second-order valence-electron chi connectivity index (χ2n) is 3.68. The number of amides is 1. The van der Waals surface area contributed by atoms with Gasteiger partial charge in [0, 0.05) is 5.56 Å². The number of anilines is 1. The molecule has 0 spiro atoms. The Bertz CT molecular complexity index is 652. The van der Waals surface area contributed by atoms with Crippen LogP contribution in [-0.2, 0) is 0 Å². The van der Waals surface area contributed by atoms with E-state index in [1.807, 2.05) is 0 Å². The van der Waals surface area contributed by atoms with Gasteiger partial charge in [-0.2, -0.15) is 4.98 Å². The van der Waals surface area contributed by atoms with Gasteiger partial charge in [0.2, 0.25) is 0 Å². The smallest absolute Gasteiger partial charge is 0.306 e. The molecule has 0 bridgehead atoms. The molecular formula is C12H10FN3O2. The van der Waals surface area contributed by atoms with Gasteiger partial charge in [-0.15, -0.1) is 0 Å². The number of carbonyl (C=O) groups is 1. The predicted molar refractivity (Wildman–Crippen MR) is 63.9 cm³/mol. The van der Waals surface area contributed by atoms with Gasteiger partial charge in [-0.3, -0.25) is 9.78 Å². The molecule has 0 fully saturated rings. The zero-order valence-electron chi connectivity index (χ0n) is 9.53. The largest absolute Gasteiger partial charge is 0.346 e. The van der Waals surface area contributed by atoms with Crippen LogP contribution in [0.5, 0.6) is 0 Å². The van der Waals surface area contributed by atoms with Crippen molar-refractivity contribution in [2.75, 3.05) is 5.32 Å². The molecule has 0 saturated carbocycles. The SMILES string of the molecule is Cc1ccccc1C(=O)Nc1[nH]c(=O)ncc1F. The summed E-state index contributed by atoms with van der Waals surface area (Å²) in [7, 11) is 0. The molecule has 1 aromatic heterocycles. The van der Waals surface area contributed by atoms with Gasteiger partial charge in [0.15, 0.2) is 11.6 Å².